The minimum absolute atomic E-state index is 0.220. The van der Waals surface area contributed by atoms with E-state index >= 15 is 0 Å². The van der Waals surface area contributed by atoms with Gasteiger partial charge in [-0.1, -0.05) is 0 Å². The molecule has 3 aromatic heterocycles. The molecule has 0 fully saturated rings. The predicted molar refractivity (Wildman–Crippen MR) is 96.8 cm³/mol. The van der Waals surface area contributed by atoms with Gasteiger partial charge in [0.1, 0.15) is 11.1 Å². The highest BCUT2D eigenvalue weighted by Crippen LogP contribution is 2.26. The number of benzene rings is 1. The van der Waals surface area contributed by atoms with E-state index in [-0.39, 0.29) is 5.89 Å². The molecule has 0 radical (unpaired) electrons. The number of oxazole rings is 1. The molecule has 0 aliphatic heterocycles. The first-order valence-electron chi connectivity index (χ1n) is 8.24. The van der Waals surface area contributed by atoms with Crippen LogP contribution in [0.25, 0.3) is 33.7 Å². The van der Waals surface area contributed by atoms with Crippen molar-refractivity contribution >= 4 is 27.9 Å². The zero-order valence-corrected chi connectivity index (χ0v) is 14.0. The fourth-order valence-electron chi connectivity index (χ4n) is 2.92. The molecular weight excluding hydrogens is 318 g/mol. The average molecular weight is 335 g/mol. The number of anilines is 1. The molecule has 3 heterocycles. The molecule has 0 unspecified atom stereocenters. The van der Waals surface area contributed by atoms with Gasteiger partial charge in [0.25, 0.3) is 0 Å². The van der Waals surface area contributed by atoms with Crippen molar-refractivity contribution in [2.24, 2.45) is 0 Å². The lowest BCUT2D eigenvalue weighted by Crippen LogP contribution is -2.21. The number of rotatable bonds is 4. The lowest BCUT2D eigenvalue weighted by molar-refractivity contribution is 0.553. The van der Waals surface area contributed by atoms with Gasteiger partial charge in [0, 0.05) is 36.4 Å². The van der Waals surface area contributed by atoms with Crippen LogP contribution in [0.15, 0.2) is 56.2 Å². The van der Waals surface area contributed by atoms with Crippen LogP contribution in [-0.2, 0) is 0 Å². The highest BCUT2D eigenvalue weighted by molar-refractivity contribution is 5.84. The molecule has 0 aliphatic carbocycles. The SMILES string of the molecule is CCN(CC)c1ccc2cc(-c3nc4ncccc4o3)c(=O)oc2c1. The van der Waals surface area contributed by atoms with Gasteiger partial charge in [0.2, 0.25) is 5.89 Å². The van der Waals surface area contributed by atoms with Gasteiger partial charge in [-0.05, 0) is 44.2 Å². The summed E-state index contributed by atoms with van der Waals surface area (Å²) in [6, 6.07) is 11.1. The van der Waals surface area contributed by atoms with Gasteiger partial charge in [-0.25, -0.2) is 9.78 Å². The standard InChI is InChI=1S/C19H17N3O3/c1-3-22(4-2)13-8-7-12-10-14(19(23)25-16(12)11-13)18-21-17-15(24-18)6-5-9-20-17/h5-11H,3-4H2,1-2H3. The van der Waals surface area contributed by atoms with Crippen LogP contribution in [0.5, 0.6) is 0 Å². The molecule has 0 saturated heterocycles. The number of pyridine rings is 1. The fourth-order valence-corrected chi connectivity index (χ4v) is 2.92. The van der Waals surface area contributed by atoms with Crippen molar-refractivity contribution in [3.8, 4) is 11.5 Å². The van der Waals surface area contributed by atoms with Crippen molar-refractivity contribution in [2.75, 3.05) is 18.0 Å². The maximum absolute atomic E-state index is 12.4. The van der Waals surface area contributed by atoms with Gasteiger partial charge in [0.15, 0.2) is 11.2 Å². The van der Waals surface area contributed by atoms with Crippen molar-refractivity contribution in [3.05, 3.63) is 53.0 Å². The highest BCUT2D eigenvalue weighted by Gasteiger charge is 2.15. The van der Waals surface area contributed by atoms with Crippen LogP contribution in [0, 0.1) is 0 Å². The molecule has 1 aromatic carbocycles. The molecular formula is C19H17N3O3. The number of fused-ring (bicyclic) bond motifs is 2. The number of aromatic nitrogens is 2. The Morgan fingerprint density at radius 3 is 2.64 bits per heavy atom. The molecule has 4 rings (SSSR count). The van der Waals surface area contributed by atoms with E-state index < -0.39 is 5.63 Å². The number of hydrogen-bond donors (Lipinski definition) is 0. The van der Waals surface area contributed by atoms with Crippen LogP contribution < -0.4 is 10.5 Å². The topological polar surface area (TPSA) is 72.4 Å². The molecule has 6 nitrogen and oxygen atoms in total. The lowest BCUT2D eigenvalue weighted by Gasteiger charge is -2.20. The van der Waals surface area contributed by atoms with Crippen LogP contribution >= 0.6 is 0 Å². The maximum Gasteiger partial charge on any atom is 0.349 e. The minimum atomic E-state index is -0.476. The van der Waals surface area contributed by atoms with Crippen LogP contribution in [-0.4, -0.2) is 23.1 Å². The quantitative estimate of drug-likeness (QED) is 0.528. The van der Waals surface area contributed by atoms with Gasteiger partial charge in [-0.15, -0.1) is 0 Å². The highest BCUT2D eigenvalue weighted by atomic mass is 16.4. The molecule has 4 aromatic rings. The average Bonchev–Trinajstić information content (AvgIpc) is 3.06. The summed E-state index contributed by atoms with van der Waals surface area (Å²) >= 11 is 0. The first-order valence-corrected chi connectivity index (χ1v) is 8.24. The maximum atomic E-state index is 12.4. The molecule has 0 amide bonds. The summed E-state index contributed by atoms with van der Waals surface area (Å²) in [5.41, 5.74) is 2.39. The molecule has 25 heavy (non-hydrogen) atoms. The van der Waals surface area contributed by atoms with Crippen LogP contribution in [0.4, 0.5) is 5.69 Å². The van der Waals surface area contributed by atoms with Crippen LogP contribution in [0.1, 0.15) is 13.8 Å². The molecule has 0 spiro atoms. The Hall–Kier alpha value is -3.15. The second-order valence-electron chi connectivity index (χ2n) is 5.69. The molecule has 0 aliphatic rings. The smallest absolute Gasteiger partial charge is 0.349 e. The van der Waals surface area contributed by atoms with E-state index in [1.165, 1.54) is 0 Å². The molecule has 0 bridgehead atoms. The fraction of sp³-hybridized carbons (Fsp3) is 0.211. The van der Waals surface area contributed by atoms with Gasteiger partial charge in [-0.3, -0.25) is 0 Å². The summed E-state index contributed by atoms with van der Waals surface area (Å²) in [4.78, 5) is 23.0. The summed E-state index contributed by atoms with van der Waals surface area (Å²) in [7, 11) is 0. The largest absolute Gasteiger partial charge is 0.434 e. The molecule has 0 N–H and O–H groups in total. The van der Waals surface area contributed by atoms with Gasteiger partial charge in [-0.2, -0.15) is 4.98 Å². The first kappa shape index (κ1) is 15.4. The summed E-state index contributed by atoms with van der Waals surface area (Å²) in [5, 5.41) is 0.820. The lowest BCUT2D eigenvalue weighted by atomic mass is 10.1. The van der Waals surface area contributed by atoms with Crippen LogP contribution in [0.2, 0.25) is 0 Å². The van der Waals surface area contributed by atoms with Crippen molar-refractivity contribution < 1.29 is 8.83 Å². The Kier molecular flexibility index (Phi) is 3.72. The third kappa shape index (κ3) is 2.65. The predicted octanol–water partition coefficient (Wildman–Crippen LogP) is 3.84. The van der Waals surface area contributed by atoms with Gasteiger partial charge < -0.3 is 13.7 Å². The Balaban J connectivity index is 1.84. The Morgan fingerprint density at radius 2 is 1.88 bits per heavy atom. The Labute approximate surface area is 143 Å². The van der Waals surface area contributed by atoms with Crippen molar-refractivity contribution in [1.29, 1.82) is 0 Å². The van der Waals surface area contributed by atoms with E-state index in [0.717, 1.165) is 24.2 Å². The first-order chi connectivity index (χ1) is 12.2. The monoisotopic (exact) mass is 335 g/mol. The van der Waals surface area contributed by atoms with E-state index in [2.05, 4.69) is 28.7 Å². The van der Waals surface area contributed by atoms with E-state index in [0.29, 0.717) is 22.4 Å². The zero-order valence-electron chi connectivity index (χ0n) is 14.0. The third-order valence-corrected chi connectivity index (χ3v) is 4.24. The van der Waals surface area contributed by atoms with Crippen LogP contribution in [0.3, 0.4) is 0 Å². The van der Waals surface area contributed by atoms with Gasteiger partial charge in [0.05, 0.1) is 0 Å². The summed E-state index contributed by atoms with van der Waals surface area (Å²) in [6.45, 7) is 5.96. The summed E-state index contributed by atoms with van der Waals surface area (Å²) < 4.78 is 11.2. The Morgan fingerprint density at radius 1 is 1.04 bits per heavy atom. The van der Waals surface area contributed by atoms with Crippen molar-refractivity contribution in [3.63, 3.8) is 0 Å². The molecule has 126 valence electrons. The summed E-state index contributed by atoms with van der Waals surface area (Å²) in [5.74, 6) is 0.220. The Bertz CT molecular complexity index is 1080. The number of hydrogen-bond acceptors (Lipinski definition) is 6. The summed E-state index contributed by atoms with van der Waals surface area (Å²) in [6.07, 6.45) is 1.63. The normalized spacial score (nSPS) is 11.3. The second-order valence-corrected chi connectivity index (χ2v) is 5.69. The molecule has 6 heteroatoms. The number of nitrogens with zero attached hydrogens (tertiary/aromatic N) is 3. The van der Waals surface area contributed by atoms with E-state index in [4.69, 9.17) is 8.83 Å². The second kappa shape index (κ2) is 6.05. The molecule has 0 atom stereocenters. The third-order valence-electron chi connectivity index (χ3n) is 4.24. The van der Waals surface area contributed by atoms with E-state index in [1.54, 1.807) is 24.4 Å². The molecule has 0 saturated carbocycles. The van der Waals surface area contributed by atoms with E-state index in [1.807, 2.05) is 18.2 Å². The van der Waals surface area contributed by atoms with Gasteiger partial charge >= 0.3 is 5.63 Å². The van der Waals surface area contributed by atoms with Crippen molar-refractivity contribution in [2.45, 2.75) is 13.8 Å². The minimum Gasteiger partial charge on any atom is -0.434 e. The van der Waals surface area contributed by atoms with E-state index in [9.17, 15) is 4.79 Å². The van der Waals surface area contributed by atoms with Crippen molar-refractivity contribution in [1.82, 2.24) is 9.97 Å². The zero-order chi connectivity index (χ0) is 17.4.